The molecular formula is C22H37IN4O2. The van der Waals surface area contributed by atoms with Crippen molar-refractivity contribution in [3.8, 4) is 0 Å². The topological polar surface area (TPSA) is 66.0 Å². The predicted molar refractivity (Wildman–Crippen MR) is 130 cm³/mol. The number of nitrogens with zero attached hydrogens (tertiary/aromatic N) is 2. The lowest BCUT2D eigenvalue weighted by Gasteiger charge is -2.22. The van der Waals surface area contributed by atoms with Crippen LogP contribution < -0.4 is 10.6 Å². The quantitative estimate of drug-likeness (QED) is 0.284. The van der Waals surface area contributed by atoms with Crippen molar-refractivity contribution in [1.82, 2.24) is 15.5 Å². The van der Waals surface area contributed by atoms with E-state index in [2.05, 4.69) is 41.6 Å². The largest absolute Gasteiger partial charge is 0.378 e. The highest BCUT2D eigenvalue weighted by Crippen LogP contribution is 2.17. The second-order valence-electron chi connectivity index (χ2n) is 7.57. The van der Waals surface area contributed by atoms with Crippen LogP contribution in [0.2, 0.25) is 0 Å². The maximum Gasteiger partial charge on any atom is 0.222 e. The van der Waals surface area contributed by atoms with Crippen molar-refractivity contribution in [2.45, 2.75) is 59.2 Å². The first kappa shape index (κ1) is 25.7. The van der Waals surface area contributed by atoms with Gasteiger partial charge in [0, 0.05) is 46.3 Å². The number of likely N-dealkylation sites (tertiary alicyclic amines) is 1. The Hall–Kier alpha value is -1.35. The molecule has 1 aromatic carbocycles. The monoisotopic (exact) mass is 516 g/mol. The van der Waals surface area contributed by atoms with Crippen LogP contribution in [0.1, 0.15) is 51.2 Å². The summed E-state index contributed by atoms with van der Waals surface area (Å²) in [4.78, 5) is 18.2. The average molecular weight is 516 g/mol. The number of aliphatic imine (C=N–C) groups is 1. The molecule has 0 bridgehead atoms. The lowest BCUT2D eigenvalue weighted by molar-refractivity contribution is -0.128. The molecule has 6 nitrogen and oxygen atoms in total. The number of benzene rings is 1. The van der Waals surface area contributed by atoms with Gasteiger partial charge in [0.2, 0.25) is 5.91 Å². The number of carbonyl (C=O) groups excluding carboxylic acids is 1. The molecule has 0 aromatic heterocycles. The Morgan fingerprint density at radius 1 is 1.24 bits per heavy atom. The zero-order valence-corrected chi connectivity index (χ0v) is 20.6. The highest BCUT2D eigenvalue weighted by molar-refractivity contribution is 14.0. The first-order chi connectivity index (χ1) is 13.5. The first-order valence-electron chi connectivity index (χ1n) is 10.5. The van der Waals surface area contributed by atoms with Gasteiger partial charge in [-0.1, -0.05) is 38.1 Å². The maximum atomic E-state index is 11.9. The second kappa shape index (κ2) is 13.8. The van der Waals surface area contributed by atoms with Crippen molar-refractivity contribution in [2.75, 3.05) is 26.7 Å². The highest BCUT2D eigenvalue weighted by atomic mass is 127. The molecule has 1 atom stereocenters. The van der Waals surface area contributed by atoms with Gasteiger partial charge in [-0.15, -0.1) is 24.0 Å². The van der Waals surface area contributed by atoms with Crippen LogP contribution >= 0.6 is 24.0 Å². The fourth-order valence-electron chi connectivity index (χ4n) is 3.52. The summed E-state index contributed by atoms with van der Waals surface area (Å²) < 4.78 is 5.80. The van der Waals surface area contributed by atoms with Gasteiger partial charge < -0.3 is 20.3 Å². The minimum atomic E-state index is 0. The van der Waals surface area contributed by atoms with Crippen LogP contribution in [0.5, 0.6) is 0 Å². The maximum absolute atomic E-state index is 11.9. The standard InChI is InChI=1S/C22H36N4O2.HI/c1-5-28-20(17(2)3)12-13-24-22(23-4)25-15-18-9-6-7-10-19(18)16-26-14-8-11-21(26)27;/h6-7,9-10,17,20H,5,8,11-16H2,1-4H3,(H2,23,24,25);1H. The van der Waals surface area contributed by atoms with E-state index >= 15 is 0 Å². The molecule has 1 aliphatic rings. The van der Waals surface area contributed by atoms with Gasteiger partial charge in [0.25, 0.3) is 0 Å². The number of rotatable bonds is 10. The Morgan fingerprint density at radius 2 is 1.97 bits per heavy atom. The molecule has 1 heterocycles. The zero-order chi connectivity index (χ0) is 20.4. The molecule has 2 N–H and O–H groups in total. The van der Waals surface area contributed by atoms with Crippen molar-refractivity contribution in [3.05, 3.63) is 35.4 Å². The second-order valence-corrected chi connectivity index (χ2v) is 7.57. The van der Waals surface area contributed by atoms with E-state index in [-0.39, 0.29) is 36.0 Å². The fraction of sp³-hybridized carbons (Fsp3) is 0.636. The van der Waals surface area contributed by atoms with Gasteiger partial charge in [0.05, 0.1) is 6.10 Å². The summed E-state index contributed by atoms with van der Waals surface area (Å²) in [6.45, 7) is 10.2. The minimum absolute atomic E-state index is 0. The summed E-state index contributed by atoms with van der Waals surface area (Å²) >= 11 is 0. The average Bonchev–Trinajstić information content (AvgIpc) is 3.09. The van der Waals surface area contributed by atoms with Gasteiger partial charge in [-0.3, -0.25) is 9.79 Å². The number of halogens is 1. The van der Waals surface area contributed by atoms with E-state index in [0.29, 0.717) is 25.4 Å². The third-order valence-electron chi connectivity index (χ3n) is 5.17. The Kier molecular flexibility index (Phi) is 12.2. The van der Waals surface area contributed by atoms with Gasteiger partial charge in [0.15, 0.2) is 5.96 Å². The van der Waals surface area contributed by atoms with Crippen molar-refractivity contribution in [2.24, 2.45) is 10.9 Å². The summed E-state index contributed by atoms with van der Waals surface area (Å²) in [5, 5.41) is 6.77. The summed E-state index contributed by atoms with van der Waals surface area (Å²) in [5.74, 6) is 1.54. The van der Waals surface area contributed by atoms with Gasteiger partial charge >= 0.3 is 0 Å². The fourth-order valence-corrected chi connectivity index (χ4v) is 3.52. The van der Waals surface area contributed by atoms with E-state index in [1.807, 2.05) is 24.0 Å². The number of ether oxygens (including phenoxy) is 1. The molecule has 0 spiro atoms. The first-order valence-corrected chi connectivity index (χ1v) is 10.5. The molecule has 1 fully saturated rings. The molecule has 7 heteroatoms. The molecule has 2 rings (SSSR count). The third kappa shape index (κ3) is 8.50. The third-order valence-corrected chi connectivity index (χ3v) is 5.17. The molecule has 164 valence electrons. The molecule has 0 radical (unpaired) electrons. The molecule has 1 saturated heterocycles. The van der Waals surface area contributed by atoms with Gasteiger partial charge in [-0.2, -0.15) is 0 Å². The van der Waals surface area contributed by atoms with Crippen LogP contribution in [0.15, 0.2) is 29.3 Å². The molecule has 0 saturated carbocycles. The van der Waals surface area contributed by atoms with Crippen molar-refractivity contribution in [1.29, 1.82) is 0 Å². The Bertz CT molecular complexity index is 651. The van der Waals surface area contributed by atoms with E-state index in [0.717, 1.165) is 38.5 Å². The normalized spacial score (nSPS) is 15.4. The number of hydrogen-bond acceptors (Lipinski definition) is 3. The lowest BCUT2D eigenvalue weighted by Crippen LogP contribution is -2.39. The van der Waals surface area contributed by atoms with Crippen LogP contribution in [0.25, 0.3) is 0 Å². The molecular weight excluding hydrogens is 479 g/mol. The molecule has 1 aromatic rings. The van der Waals surface area contributed by atoms with E-state index < -0.39 is 0 Å². The lowest BCUT2D eigenvalue weighted by atomic mass is 10.0. The van der Waals surface area contributed by atoms with Crippen molar-refractivity contribution < 1.29 is 9.53 Å². The highest BCUT2D eigenvalue weighted by Gasteiger charge is 2.21. The smallest absolute Gasteiger partial charge is 0.222 e. The predicted octanol–water partition coefficient (Wildman–Crippen LogP) is 3.54. The van der Waals surface area contributed by atoms with Crippen LogP contribution in [0.4, 0.5) is 0 Å². The van der Waals surface area contributed by atoms with Crippen LogP contribution in [0, 0.1) is 5.92 Å². The van der Waals surface area contributed by atoms with E-state index in [4.69, 9.17) is 4.74 Å². The minimum Gasteiger partial charge on any atom is -0.378 e. The number of hydrogen-bond donors (Lipinski definition) is 2. The van der Waals surface area contributed by atoms with Crippen LogP contribution in [0.3, 0.4) is 0 Å². The summed E-state index contributed by atoms with van der Waals surface area (Å²) in [5.41, 5.74) is 2.39. The van der Waals surface area contributed by atoms with Gasteiger partial charge in [-0.25, -0.2) is 0 Å². The van der Waals surface area contributed by atoms with E-state index in [1.54, 1.807) is 7.05 Å². The van der Waals surface area contributed by atoms with Crippen molar-refractivity contribution in [3.63, 3.8) is 0 Å². The molecule has 1 amide bonds. The zero-order valence-electron chi connectivity index (χ0n) is 18.2. The summed E-state index contributed by atoms with van der Waals surface area (Å²) in [7, 11) is 1.78. The molecule has 29 heavy (non-hydrogen) atoms. The van der Waals surface area contributed by atoms with Crippen LogP contribution in [-0.2, 0) is 22.6 Å². The van der Waals surface area contributed by atoms with Gasteiger partial charge in [0.1, 0.15) is 0 Å². The Balaban J connectivity index is 0.00000420. The Labute approximate surface area is 192 Å². The SMILES string of the molecule is CCOC(CCNC(=NC)NCc1ccccc1CN1CCCC1=O)C(C)C.I. The number of amides is 1. The number of carbonyl (C=O) groups is 1. The molecule has 0 aliphatic carbocycles. The summed E-state index contributed by atoms with van der Waals surface area (Å²) in [6, 6.07) is 8.29. The molecule has 1 unspecified atom stereocenters. The van der Waals surface area contributed by atoms with Crippen LogP contribution in [-0.4, -0.2) is 49.6 Å². The van der Waals surface area contributed by atoms with E-state index in [9.17, 15) is 4.79 Å². The summed E-state index contributed by atoms with van der Waals surface area (Å²) in [6.07, 6.45) is 2.85. The Morgan fingerprint density at radius 3 is 2.55 bits per heavy atom. The van der Waals surface area contributed by atoms with Crippen molar-refractivity contribution >= 4 is 35.8 Å². The molecule has 1 aliphatic heterocycles. The van der Waals surface area contributed by atoms with Gasteiger partial charge in [-0.05, 0) is 36.8 Å². The van der Waals surface area contributed by atoms with E-state index in [1.165, 1.54) is 11.1 Å². The number of nitrogens with one attached hydrogen (secondary N) is 2. The number of guanidine groups is 1.